The van der Waals surface area contributed by atoms with E-state index in [1.807, 2.05) is 0 Å². The van der Waals surface area contributed by atoms with Crippen LogP contribution in [0.1, 0.15) is 297 Å². The SMILES string of the molecule is CC/C=C\C/C=C\C/C=C\C/C=C\C/C=C\C/C=C\C/C=C\CCCCCCCCCC(=O)OCC(COC(=O)CCCCCCCC)OC(=O)CCCCCCCCCCCC/C=C\C/C=C\C/C=C\CCCCCCC. The molecule has 0 aromatic rings. The number of ether oxygens (including phenoxy) is 3. The van der Waals surface area contributed by atoms with E-state index in [2.05, 4.69) is 142 Å². The van der Waals surface area contributed by atoms with Gasteiger partial charge >= 0.3 is 17.9 Å². The zero-order chi connectivity index (χ0) is 56.4. The summed E-state index contributed by atoms with van der Waals surface area (Å²) in [6.45, 7) is 6.45. The third kappa shape index (κ3) is 62.7. The van der Waals surface area contributed by atoms with E-state index in [4.69, 9.17) is 14.2 Å². The minimum absolute atomic E-state index is 0.0844. The zero-order valence-corrected chi connectivity index (χ0v) is 50.9. The van der Waals surface area contributed by atoms with Crippen molar-refractivity contribution in [3.05, 3.63) is 122 Å². The van der Waals surface area contributed by atoms with E-state index in [9.17, 15) is 14.4 Å². The molecule has 0 aromatic carbocycles. The monoisotopic (exact) mass is 1080 g/mol. The molecular weight excluding hydrogens is 961 g/mol. The topological polar surface area (TPSA) is 78.9 Å². The Morgan fingerprint density at radius 1 is 0.269 bits per heavy atom. The second-order valence-corrected chi connectivity index (χ2v) is 21.3. The van der Waals surface area contributed by atoms with Crippen molar-refractivity contribution in [2.75, 3.05) is 13.2 Å². The van der Waals surface area contributed by atoms with Crippen LogP contribution in [0.5, 0.6) is 0 Å². The van der Waals surface area contributed by atoms with Gasteiger partial charge in [-0.2, -0.15) is 0 Å². The molecule has 0 saturated carbocycles. The van der Waals surface area contributed by atoms with E-state index in [-0.39, 0.29) is 31.1 Å². The molecule has 1 unspecified atom stereocenters. The molecular formula is C72H120O6. The predicted octanol–water partition coefficient (Wildman–Crippen LogP) is 22.4. The average molecular weight is 1080 g/mol. The summed E-state index contributed by atoms with van der Waals surface area (Å²) in [4.78, 5) is 38.0. The van der Waals surface area contributed by atoms with Crippen molar-refractivity contribution >= 4 is 17.9 Å². The summed E-state index contributed by atoms with van der Waals surface area (Å²) >= 11 is 0. The first-order valence-corrected chi connectivity index (χ1v) is 32.5. The van der Waals surface area contributed by atoms with Crippen LogP contribution < -0.4 is 0 Å². The Morgan fingerprint density at radius 2 is 0.500 bits per heavy atom. The molecule has 1 atom stereocenters. The Kier molecular flexibility index (Phi) is 61.8. The van der Waals surface area contributed by atoms with Crippen LogP contribution in [0.4, 0.5) is 0 Å². The molecule has 6 heteroatoms. The van der Waals surface area contributed by atoms with Gasteiger partial charge in [0.15, 0.2) is 6.10 Å². The van der Waals surface area contributed by atoms with Gasteiger partial charge in [-0.05, 0) is 116 Å². The highest BCUT2D eigenvalue weighted by Gasteiger charge is 2.19. The second-order valence-electron chi connectivity index (χ2n) is 21.3. The molecule has 6 nitrogen and oxygen atoms in total. The Morgan fingerprint density at radius 3 is 0.782 bits per heavy atom. The third-order valence-corrected chi connectivity index (χ3v) is 13.7. The Bertz CT molecular complexity index is 1620. The Hall–Kier alpha value is -4.19. The van der Waals surface area contributed by atoms with Crippen molar-refractivity contribution in [2.24, 2.45) is 0 Å². The number of esters is 3. The fourth-order valence-electron chi connectivity index (χ4n) is 8.84. The summed E-state index contributed by atoms with van der Waals surface area (Å²) in [6, 6.07) is 0. The van der Waals surface area contributed by atoms with Crippen molar-refractivity contribution in [3.8, 4) is 0 Å². The summed E-state index contributed by atoms with van der Waals surface area (Å²) in [5.74, 6) is -0.906. The van der Waals surface area contributed by atoms with Crippen LogP contribution in [0.25, 0.3) is 0 Å². The lowest BCUT2D eigenvalue weighted by molar-refractivity contribution is -0.167. The van der Waals surface area contributed by atoms with Crippen molar-refractivity contribution < 1.29 is 28.6 Å². The molecule has 78 heavy (non-hydrogen) atoms. The average Bonchev–Trinajstić information content (AvgIpc) is 3.44. The third-order valence-electron chi connectivity index (χ3n) is 13.7. The number of hydrogen-bond donors (Lipinski definition) is 0. The molecule has 0 heterocycles. The standard InChI is InChI=1S/C72H120O6/c1-4-7-10-13-16-18-20-22-24-26-28-30-32-34-35-36-37-39-40-42-44-46-48-50-52-54-56-59-62-65-71(74)77-68-69(67-76-70(73)64-61-58-15-12-9-6-3)78-72(75)66-63-60-57-55-53-51-49-47-45-43-41-38-33-31-29-27-25-23-21-19-17-14-11-8-5-2/h7,10,16,18,21-24,27-30,33-35,37-39,42,44,69H,4-6,8-9,11-15,17,19-20,25-26,31-32,36,40-41,43,45-68H2,1-3H3/b10-7-,18-16-,23-21-,24-22-,29-27-,30-28-,35-34-,38-33-,39-37-,44-42-. The quantitative estimate of drug-likeness (QED) is 0.0261. The van der Waals surface area contributed by atoms with Gasteiger partial charge in [-0.1, -0.05) is 284 Å². The lowest BCUT2D eigenvalue weighted by Crippen LogP contribution is -2.30. The molecule has 0 rings (SSSR count). The van der Waals surface area contributed by atoms with Crippen molar-refractivity contribution in [1.29, 1.82) is 0 Å². The van der Waals surface area contributed by atoms with E-state index in [0.29, 0.717) is 19.3 Å². The fourth-order valence-corrected chi connectivity index (χ4v) is 8.84. The lowest BCUT2D eigenvalue weighted by atomic mass is 10.0. The first kappa shape index (κ1) is 73.8. The number of unbranched alkanes of at least 4 members (excludes halogenated alkanes) is 27. The van der Waals surface area contributed by atoms with Gasteiger partial charge in [0.1, 0.15) is 13.2 Å². The number of rotatable bonds is 58. The highest BCUT2D eigenvalue weighted by atomic mass is 16.6. The van der Waals surface area contributed by atoms with Gasteiger partial charge in [0.25, 0.3) is 0 Å². The molecule has 0 spiro atoms. The summed E-state index contributed by atoms with van der Waals surface area (Å²) in [7, 11) is 0. The smallest absolute Gasteiger partial charge is 0.306 e. The van der Waals surface area contributed by atoms with Crippen LogP contribution in [0.2, 0.25) is 0 Å². The summed E-state index contributed by atoms with van der Waals surface area (Å²) in [6.07, 6.45) is 90.9. The molecule has 0 radical (unpaired) electrons. The molecule has 0 amide bonds. The van der Waals surface area contributed by atoms with Gasteiger partial charge in [0.2, 0.25) is 0 Å². The van der Waals surface area contributed by atoms with E-state index >= 15 is 0 Å². The van der Waals surface area contributed by atoms with Crippen LogP contribution in [-0.2, 0) is 28.6 Å². The molecule has 444 valence electrons. The van der Waals surface area contributed by atoms with Gasteiger partial charge in [0.05, 0.1) is 0 Å². The van der Waals surface area contributed by atoms with Gasteiger partial charge in [-0.25, -0.2) is 0 Å². The molecule has 0 aromatic heterocycles. The normalized spacial score (nSPS) is 12.9. The molecule has 0 N–H and O–H groups in total. The first-order chi connectivity index (χ1) is 38.5. The van der Waals surface area contributed by atoms with E-state index in [0.717, 1.165) is 122 Å². The van der Waals surface area contributed by atoms with Crippen LogP contribution >= 0.6 is 0 Å². The fraction of sp³-hybridized carbons (Fsp3) is 0.681. The molecule has 0 fully saturated rings. The maximum atomic E-state index is 12.9. The lowest BCUT2D eigenvalue weighted by Gasteiger charge is -2.18. The van der Waals surface area contributed by atoms with E-state index < -0.39 is 6.10 Å². The Balaban J connectivity index is 4.15. The number of carbonyl (C=O) groups is 3. The summed E-state index contributed by atoms with van der Waals surface area (Å²) in [5, 5.41) is 0. The van der Waals surface area contributed by atoms with Gasteiger partial charge in [-0.15, -0.1) is 0 Å². The van der Waals surface area contributed by atoms with Gasteiger partial charge < -0.3 is 14.2 Å². The highest BCUT2D eigenvalue weighted by Crippen LogP contribution is 2.15. The van der Waals surface area contributed by atoms with Crippen molar-refractivity contribution in [1.82, 2.24) is 0 Å². The van der Waals surface area contributed by atoms with Crippen LogP contribution in [-0.4, -0.2) is 37.2 Å². The van der Waals surface area contributed by atoms with Crippen molar-refractivity contribution in [3.63, 3.8) is 0 Å². The largest absolute Gasteiger partial charge is 0.462 e. The van der Waals surface area contributed by atoms with E-state index in [1.54, 1.807) is 0 Å². The molecule has 0 aliphatic carbocycles. The maximum absolute atomic E-state index is 12.9. The predicted molar refractivity (Wildman–Crippen MR) is 339 cm³/mol. The van der Waals surface area contributed by atoms with Crippen LogP contribution in [0.3, 0.4) is 0 Å². The van der Waals surface area contributed by atoms with Gasteiger partial charge in [-0.3, -0.25) is 14.4 Å². The first-order valence-electron chi connectivity index (χ1n) is 32.5. The second kappa shape index (κ2) is 65.3. The zero-order valence-electron chi connectivity index (χ0n) is 50.9. The molecule has 0 aliphatic heterocycles. The van der Waals surface area contributed by atoms with Crippen molar-refractivity contribution in [2.45, 2.75) is 303 Å². The van der Waals surface area contributed by atoms with Crippen LogP contribution in [0.15, 0.2) is 122 Å². The molecule has 0 bridgehead atoms. The summed E-state index contributed by atoms with van der Waals surface area (Å²) in [5.41, 5.74) is 0. The molecule has 0 aliphatic rings. The minimum Gasteiger partial charge on any atom is -0.462 e. The van der Waals surface area contributed by atoms with Gasteiger partial charge in [0, 0.05) is 19.3 Å². The number of carbonyl (C=O) groups excluding carboxylic acids is 3. The maximum Gasteiger partial charge on any atom is 0.306 e. The number of hydrogen-bond acceptors (Lipinski definition) is 6. The number of allylic oxidation sites excluding steroid dienone is 20. The Labute approximate surface area is 482 Å². The summed E-state index contributed by atoms with van der Waals surface area (Å²) < 4.78 is 16.8. The van der Waals surface area contributed by atoms with E-state index in [1.165, 1.54) is 135 Å². The van der Waals surface area contributed by atoms with Crippen LogP contribution in [0, 0.1) is 0 Å². The minimum atomic E-state index is -0.785. The highest BCUT2D eigenvalue weighted by molar-refractivity contribution is 5.71. The molecule has 0 saturated heterocycles.